The molecule has 0 radical (unpaired) electrons. The van der Waals surface area contributed by atoms with Gasteiger partial charge in [0.25, 0.3) is 0 Å². The molecule has 0 bridgehead atoms. The number of halogens is 2. The van der Waals surface area contributed by atoms with Gasteiger partial charge in [0.1, 0.15) is 36.1 Å². The van der Waals surface area contributed by atoms with Gasteiger partial charge in [-0.2, -0.15) is 0 Å². The van der Waals surface area contributed by atoms with E-state index in [2.05, 4.69) is 0 Å². The highest BCUT2D eigenvalue weighted by molar-refractivity contribution is 6.01. The normalized spacial score (nSPS) is 30.1. The van der Waals surface area contributed by atoms with Gasteiger partial charge in [-0.05, 0) is 46.5 Å². The lowest BCUT2D eigenvalue weighted by atomic mass is 9.91. The van der Waals surface area contributed by atoms with Crippen molar-refractivity contribution in [2.75, 3.05) is 26.4 Å². The number of hydrogen-bond acceptors (Lipinski definition) is 4. The van der Waals surface area contributed by atoms with Gasteiger partial charge < -0.3 is 18.9 Å². The highest BCUT2D eigenvalue weighted by atomic mass is 19.1. The van der Waals surface area contributed by atoms with Crippen molar-refractivity contribution in [2.45, 2.75) is 24.4 Å². The van der Waals surface area contributed by atoms with Crippen molar-refractivity contribution in [1.29, 1.82) is 0 Å². The molecular weight excluding hydrogens is 366 g/mol. The summed E-state index contributed by atoms with van der Waals surface area (Å²) in [6.45, 7) is 2.43. The average molecular weight is 382 g/mol. The molecule has 6 heteroatoms. The summed E-state index contributed by atoms with van der Waals surface area (Å²) in [6.07, 6.45) is -0.198. The quantitative estimate of drug-likeness (QED) is 0.490. The van der Waals surface area contributed by atoms with Crippen molar-refractivity contribution < 1.29 is 27.7 Å². The zero-order chi connectivity index (χ0) is 18.6. The lowest BCUT2D eigenvalue weighted by Gasteiger charge is -2.14. The fraction of sp³-hybridized carbons (Fsp3) is 0.364. The number of ether oxygens (including phenoxy) is 4. The maximum atomic E-state index is 15.6. The molecule has 7 rings (SSSR count). The molecule has 4 aliphatic rings. The second kappa shape index (κ2) is 5.27. The van der Waals surface area contributed by atoms with Crippen molar-refractivity contribution >= 4 is 21.5 Å². The van der Waals surface area contributed by atoms with Crippen LogP contribution in [0.4, 0.5) is 8.78 Å². The van der Waals surface area contributed by atoms with E-state index in [1.807, 2.05) is 0 Å². The molecule has 0 spiro atoms. The molecule has 28 heavy (non-hydrogen) atoms. The Hall–Kier alpha value is -2.12. The van der Waals surface area contributed by atoms with Crippen molar-refractivity contribution in [1.82, 2.24) is 0 Å². The highest BCUT2D eigenvalue weighted by Crippen LogP contribution is 2.46. The van der Waals surface area contributed by atoms with Gasteiger partial charge in [0.15, 0.2) is 0 Å². The zero-order valence-electron chi connectivity index (χ0n) is 14.8. The Kier molecular flexibility index (Phi) is 2.97. The molecule has 0 aromatic heterocycles. The molecule has 0 saturated carbocycles. The van der Waals surface area contributed by atoms with Crippen LogP contribution in [0.1, 0.15) is 46.7 Å². The maximum absolute atomic E-state index is 15.6. The van der Waals surface area contributed by atoms with Crippen LogP contribution in [-0.2, 0) is 18.9 Å². The summed E-state index contributed by atoms with van der Waals surface area (Å²) in [4.78, 5) is 0. The molecule has 4 nitrogen and oxygen atoms in total. The zero-order valence-corrected chi connectivity index (χ0v) is 14.8. The van der Waals surface area contributed by atoms with Crippen LogP contribution in [0, 0.1) is 11.6 Å². The molecule has 4 heterocycles. The third-order valence-corrected chi connectivity index (χ3v) is 6.11. The topological polar surface area (TPSA) is 50.1 Å². The van der Waals surface area contributed by atoms with Crippen molar-refractivity contribution in [3.63, 3.8) is 0 Å². The monoisotopic (exact) mass is 382 g/mol. The molecule has 4 unspecified atom stereocenters. The molecule has 4 atom stereocenters. The molecule has 4 aliphatic heterocycles. The minimum Gasteiger partial charge on any atom is -0.368 e. The van der Waals surface area contributed by atoms with Gasteiger partial charge in [-0.25, -0.2) is 8.78 Å². The molecule has 0 aliphatic carbocycles. The van der Waals surface area contributed by atoms with Crippen LogP contribution in [0.2, 0.25) is 0 Å². The van der Waals surface area contributed by atoms with E-state index in [-0.39, 0.29) is 46.0 Å². The van der Waals surface area contributed by atoms with Gasteiger partial charge in [0.2, 0.25) is 0 Å². The fourth-order valence-corrected chi connectivity index (χ4v) is 4.31. The van der Waals surface area contributed by atoms with E-state index in [9.17, 15) is 0 Å². The van der Waals surface area contributed by atoms with Gasteiger partial charge in [0, 0.05) is 21.5 Å². The van der Waals surface area contributed by atoms with Crippen LogP contribution < -0.4 is 0 Å². The summed E-state index contributed by atoms with van der Waals surface area (Å²) in [5.74, 6) is -0.802. The second-order valence-corrected chi connectivity index (χ2v) is 7.97. The first-order chi connectivity index (χ1) is 13.7. The van der Waals surface area contributed by atoms with Crippen LogP contribution in [0.3, 0.4) is 0 Å². The van der Waals surface area contributed by atoms with Crippen molar-refractivity contribution in [3.05, 3.63) is 58.2 Å². The van der Waals surface area contributed by atoms with Crippen molar-refractivity contribution in [3.8, 4) is 0 Å². The third kappa shape index (κ3) is 2.29. The first kappa shape index (κ1) is 15.8. The van der Waals surface area contributed by atoms with E-state index in [1.54, 1.807) is 24.3 Å². The van der Waals surface area contributed by atoms with Crippen LogP contribution >= 0.6 is 0 Å². The molecule has 4 saturated heterocycles. The van der Waals surface area contributed by atoms with Crippen LogP contribution in [0.5, 0.6) is 0 Å². The first-order valence-electron chi connectivity index (χ1n) is 9.57. The molecule has 0 N–H and O–H groups in total. The van der Waals surface area contributed by atoms with E-state index in [4.69, 9.17) is 18.9 Å². The number of rotatable bonds is 4. The van der Waals surface area contributed by atoms with Crippen LogP contribution in [-0.4, -0.2) is 26.4 Å². The highest BCUT2D eigenvalue weighted by Gasteiger charge is 2.37. The molecule has 142 valence electrons. The Morgan fingerprint density at radius 2 is 0.714 bits per heavy atom. The number of benzene rings is 3. The predicted octanol–water partition coefficient (Wildman–Crippen LogP) is 4.56. The summed E-state index contributed by atoms with van der Waals surface area (Å²) in [5.41, 5.74) is 3.62. The smallest absolute Gasteiger partial charge is 0.139 e. The van der Waals surface area contributed by atoms with E-state index < -0.39 is 11.6 Å². The lowest BCUT2D eigenvalue weighted by Crippen LogP contribution is -1.99. The molecule has 0 amide bonds. The van der Waals surface area contributed by atoms with Crippen LogP contribution in [0.15, 0.2) is 24.3 Å². The maximum Gasteiger partial charge on any atom is 0.139 e. The number of fused-ring (bicyclic) bond motifs is 2. The van der Waals surface area contributed by atoms with E-state index >= 15 is 8.78 Å². The molecular formula is C22H16F2O4. The Bertz CT molecular complexity index is 994. The third-order valence-electron chi connectivity index (χ3n) is 6.11. The second-order valence-electron chi connectivity index (χ2n) is 7.97. The first-order valence-corrected chi connectivity index (χ1v) is 9.57. The minimum absolute atomic E-state index is 0.0495. The van der Waals surface area contributed by atoms with Gasteiger partial charge >= 0.3 is 0 Å². The average Bonchev–Trinajstić information content (AvgIpc) is 3.58. The fourth-order valence-electron chi connectivity index (χ4n) is 4.31. The largest absolute Gasteiger partial charge is 0.368 e. The summed E-state index contributed by atoms with van der Waals surface area (Å²) in [5, 5.41) is 1.16. The predicted molar refractivity (Wildman–Crippen MR) is 96.1 cm³/mol. The number of epoxide rings is 4. The Morgan fingerprint density at radius 3 is 0.893 bits per heavy atom. The van der Waals surface area contributed by atoms with Gasteiger partial charge in [-0.15, -0.1) is 0 Å². The SMILES string of the molecule is Fc1c2cc(C3CO3)c(C3CO3)cc2c(F)c2cc(C3CO3)c(C3CO3)cc12. The van der Waals surface area contributed by atoms with Gasteiger partial charge in [-0.3, -0.25) is 0 Å². The summed E-state index contributed by atoms with van der Waals surface area (Å²) >= 11 is 0. The lowest BCUT2D eigenvalue weighted by molar-refractivity contribution is 0.399. The Balaban J connectivity index is 1.54. The minimum atomic E-state index is -0.401. The molecule has 3 aromatic carbocycles. The van der Waals surface area contributed by atoms with E-state index in [0.29, 0.717) is 26.4 Å². The van der Waals surface area contributed by atoms with E-state index in [1.165, 1.54) is 0 Å². The van der Waals surface area contributed by atoms with Crippen molar-refractivity contribution in [2.24, 2.45) is 0 Å². The molecule has 4 fully saturated rings. The Labute approximate surface area is 158 Å². The van der Waals surface area contributed by atoms with Gasteiger partial charge in [-0.1, -0.05) is 0 Å². The Morgan fingerprint density at radius 1 is 0.500 bits per heavy atom. The number of hydrogen-bond donors (Lipinski definition) is 0. The van der Waals surface area contributed by atoms with Gasteiger partial charge in [0.05, 0.1) is 26.4 Å². The van der Waals surface area contributed by atoms with E-state index in [0.717, 1.165) is 22.3 Å². The molecule has 3 aromatic rings. The summed E-state index contributed by atoms with van der Waals surface area (Å²) in [6, 6.07) is 6.97. The summed E-state index contributed by atoms with van der Waals surface area (Å²) in [7, 11) is 0. The standard InChI is InChI=1S/C22H16F2O4/c23-21-13-1-9(17-5-25-17)10(18-6-26-18)2-14(13)22(24)16-4-12(20-8-28-20)11(3-15(16)21)19-7-27-19/h1-4,17-20H,5-8H2. The van der Waals surface area contributed by atoms with Crippen LogP contribution in [0.25, 0.3) is 21.5 Å². The summed E-state index contributed by atoms with van der Waals surface area (Å²) < 4.78 is 52.8.